The summed E-state index contributed by atoms with van der Waals surface area (Å²) >= 11 is 5.98. The molecule has 1 aliphatic rings. The summed E-state index contributed by atoms with van der Waals surface area (Å²) in [6.45, 7) is 1.87. The second-order valence-corrected chi connectivity index (χ2v) is 7.39. The van der Waals surface area contributed by atoms with Gasteiger partial charge in [-0.15, -0.1) is 0 Å². The number of halogens is 1. The van der Waals surface area contributed by atoms with Gasteiger partial charge in [-0.25, -0.2) is 9.97 Å². The number of aliphatic hydroxyl groups is 1. The smallest absolute Gasteiger partial charge is 0.163 e. The Morgan fingerprint density at radius 3 is 2.61 bits per heavy atom. The molecule has 7 heteroatoms. The van der Waals surface area contributed by atoms with Gasteiger partial charge in [0, 0.05) is 54.3 Å². The minimum atomic E-state index is 0.0771. The molecular weight excluding hydrogens is 376 g/mol. The number of hydrogen-bond acceptors (Lipinski definition) is 6. The molecule has 2 N–H and O–H groups in total. The second kappa shape index (κ2) is 8.12. The number of piperidine rings is 1. The Morgan fingerprint density at radius 1 is 1.11 bits per heavy atom. The molecule has 144 valence electrons. The van der Waals surface area contributed by atoms with Crippen LogP contribution in [0.15, 0.2) is 48.8 Å². The number of anilines is 1. The molecule has 0 atom stereocenters. The predicted octanol–water partition coefficient (Wildman–Crippen LogP) is 3.77. The maximum atomic E-state index is 10.4. The van der Waals surface area contributed by atoms with Gasteiger partial charge in [0.05, 0.1) is 5.69 Å². The summed E-state index contributed by atoms with van der Waals surface area (Å²) in [4.78, 5) is 15.8. The van der Waals surface area contributed by atoms with Crippen molar-refractivity contribution in [3.8, 4) is 28.4 Å². The van der Waals surface area contributed by atoms with Crippen LogP contribution in [-0.4, -0.2) is 44.9 Å². The number of phenolic OH excluding ortho intramolecular Hbond substituents is 1. The van der Waals surface area contributed by atoms with Gasteiger partial charge in [-0.1, -0.05) is 11.6 Å². The predicted molar refractivity (Wildman–Crippen MR) is 109 cm³/mol. The maximum absolute atomic E-state index is 10.4. The molecule has 0 spiro atoms. The van der Waals surface area contributed by atoms with Crippen molar-refractivity contribution in [1.82, 2.24) is 15.0 Å². The summed E-state index contributed by atoms with van der Waals surface area (Å²) < 4.78 is 0. The topological polar surface area (TPSA) is 82.4 Å². The largest absolute Gasteiger partial charge is 0.507 e. The Hall–Kier alpha value is -2.70. The van der Waals surface area contributed by atoms with Gasteiger partial charge in [-0.05, 0) is 49.1 Å². The Bertz CT molecular complexity index is 960. The van der Waals surface area contributed by atoms with Crippen molar-refractivity contribution in [1.29, 1.82) is 0 Å². The highest BCUT2D eigenvalue weighted by Crippen LogP contribution is 2.34. The van der Waals surface area contributed by atoms with Gasteiger partial charge < -0.3 is 15.1 Å². The zero-order valence-corrected chi connectivity index (χ0v) is 16.0. The van der Waals surface area contributed by atoms with Crippen LogP contribution in [0, 0.1) is 5.92 Å². The molecule has 1 aliphatic heterocycles. The van der Waals surface area contributed by atoms with Gasteiger partial charge in [-0.2, -0.15) is 0 Å². The minimum Gasteiger partial charge on any atom is -0.507 e. The molecule has 0 bridgehead atoms. The number of nitrogens with zero attached hydrogens (tertiary/aromatic N) is 4. The third-order valence-electron chi connectivity index (χ3n) is 5.06. The summed E-state index contributed by atoms with van der Waals surface area (Å²) in [5.41, 5.74) is 2.04. The first kappa shape index (κ1) is 18.7. The Morgan fingerprint density at radius 2 is 1.93 bits per heavy atom. The molecule has 2 aromatic heterocycles. The Balaban J connectivity index is 1.78. The summed E-state index contributed by atoms with van der Waals surface area (Å²) in [7, 11) is 0. The van der Waals surface area contributed by atoms with E-state index in [1.807, 2.05) is 18.2 Å². The lowest BCUT2D eigenvalue weighted by molar-refractivity contribution is 0.203. The molecule has 0 saturated carbocycles. The van der Waals surface area contributed by atoms with E-state index >= 15 is 0 Å². The number of rotatable bonds is 4. The third-order valence-corrected chi connectivity index (χ3v) is 5.30. The van der Waals surface area contributed by atoms with E-state index < -0.39 is 0 Å². The molecule has 28 heavy (non-hydrogen) atoms. The Kier molecular flexibility index (Phi) is 5.41. The SMILES string of the molecule is OCC1CCN(c2cc(-c3ccc(Cl)cc3O)nc(-c3cccnc3)n2)CC1. The fraction of sp³-hybridized carbons (Fsp3) is 0.286. The third kappa shape index (κ3) is 3.93. The normalized spacial score (nSPS) is 15.0. The van der Waals surface area contributed by atoms with E-state index in [2.05, 4.69) is 14.9 Å². The first-order chi connectivity index (χ1) is 13.6. The summed E-state index contributed by atoms with van der Waals surface area (Å²) in [6, 6.07) is 10.6. The minimum absolute atomic E-state index is 0.0771. The fourth-order valence-corrected chi connectivity index (χ4v) is 3.59. The van der Waals surface area contributed by atoms with Gasteiger partial charge in [0.15, 0.2) is 5.82 Å². The molecule has 0 amide bonds. The van der Waals surface area contributed by atoms with Crippen molar-refractivity contribution in [3.05, 3.63) is 53.8 Å². The van der Waals surface area contributed by atoms with Crippen LogP contribution in [0.3, 0.4) is 0 Å². The molecule has 4 rings (SSSR count). The zero-order valence-electron chi connectivity index (χ0n) is 15.3. The number of aromatic hydroxyl groups is 1. The van der Waals surface area contributed by atoms with Crippen molar-refractivity contribution in [2.24, 2.45) is 5.92 Å². The Labute approximate surface area is 168 Å². The van der Waals surface area contributed by atoms with Crippen molar-refractivity contribution < 1.29 is 10.2 Å². The lowest BCUT2D eigenvalue weighted by Crippen LogP contribution is -2.35. The van der Waals surface area contributed by atoms with E-state index in [1.165, 1.54) is 6.07 Å². The van der Waals surface area contributed by atoms with Crippen LogP contribution in [0.25, 0.3) is 22.6 Å². The number of hydrogen-bond donors (Lipinski definition) is 2. The van der Waals surface area contributed by atoms with Crippen LogP contribution in [0.5, 0.6) is 5.75 Å². The summed E-state index contributed by atoms with van der Waals surface area (Å²) in [5.74, 6) is 1.78. The van der Waals surface area contributed by atoms with E-state index in [0.717, 1.165) is 37.3 Å². The number of pyridine rings is 1. The maximum Gasteiger partial charge on any atom is 0.163 e. The average Bonchev–Trinajstić information content (AvgIpc) is 2.74. The quantitative estimate of drug-likeness (QED) is 0.698. The van der Waals surface area contributed by atoms with Crippen LogP contribution in [-0.2, 0) is 0 Å². The molecule has 1 fully saturated rings. The first-order valence-corrected chi connectivity index (χ1v) is 9.66. The molecule has 0 unspecified atom stereocenters. The zero-order chi connectivity index (χ0) is 19.5. The van der Waals surface area contributed by atoms with E-state index in [-0.39, 0.29) is 12.4 Å². The van der Waals surface area contributed by atoms with Crippen molar-refractivity contribution in [2.75, 3.05) is 24.6 Å². The number of benzene rings is 1. The molecule has 0 aliphatic carbocycles. The first-order valence-electron chi connectivity index (χ1n) is 9.28. The molecule has 1 saturated heterocycles. The van der Waals surface area contributed by atoms with Crippen molar-refractivity contribution >= 4 is 17.4 Å². The average molecular weight is 397 g/mol. The van der Waals surface area contributed by atoms with Crippen molar-refractivity contribution in [3.63, 3.8) is 0 Å². The fourth-order valence-electron chi connectivity index (χ4n) is 3.42. The van der Waals surface area contributed by atoms with E-state index in [9.17, 15) is 10.2 Å². The molecule has 0 radical (unpaired) electrons. The van der Waals surface area contributed by atoms with Gasteiger partial charge >= 0.3 is 0 Å². The number of aromatic nitrogens is 3. The standard InChI is InChI=1S/C21H21ClN4O2/c22-16-3-4-17(19(28)10-16)18-11-20(26-8-5-14(13-27)6-9-26)25-21(24-18)15-2-1-7-23-12-15/h1-4,7,10-12,14,27-28H,5-6,8-9,13H2. The van der Waals surface area contributed by atoms with Gasteiger partial charge in [0.1, 0.15) is 11.6 Å². The number of aliphatic hydroxyl groups excluding tert-OH is 1. The lowest BCUT2D eigenvalue weighted by atomic mass is 9.98. The monoisotopic (exact) mass is 396 g/mol. The number of phenols is 1. The van der Waals surface area contributed by atoms with Crippen LogP contribution in [0.2, 0.25) is 5.02 Å². The van der Waals surface area contributed by atoms with Crippen LogP contribution in [0.4, 0.5) is 5.82 Å². The second-order valence-electron chi connectivity index (χ2n) is 6.95. The van der Waals surface area contributed by atoms with E-state index in [1.54, 1.807) is 24.5 Å². The van der Waals surface area contributed by atoms with Gasteiger partial charge in [0.25, 0.3) is 0 Å². The molecule has 1 aromatic carbocycles. The summed E-state index contributed by atoms with van der Waals surface area (Å²) in [5, 5.41) is 20.2. The molecule has 6 nitrogen and oxygen atoms in total. The van der Waals surface area contributed by atoms with Gasteiger partial charge in [0.2, 0.25) is 0 Å². The highest BCUT2D eigenvalue weighted by Gasteiger charge is 2.21. The molecule has 3 aromatic rings. The van der Waals surface area contributed by atoms with E-state index in [4.69, 9.17) is 16.6 Å². The van der Waals surface area contributed by atoms with Crippen LogP contribution < -0.4 is 4.90 Å². The molecule has 3 heterocycles. The van der Waals surface area contributed by atoms with Crippen LogP contribution in [0.1, 0.15) is 12.8 Å². The summed E-state index contributed by atoms with van der Waals surface area (Å²) in [6.07, 6.45) is 5.27. The van der Waals surface area contributed by atoms with E-state index in [0.29, 0.717) is 28.0 Å². The van der Waals surface area contributed by atoms with Crippen LogP contribution >= 0.6 is 11.6 Å². The molecular formula is C21H21ClN4O2. The highest BCUT2D eigenvalue weighted by molar-refractivity contribution is 6.30. The van der Waals surface area contributed by atoms with Crippen molar-refractivity contribution in [2.45, 2.75) is 12.8 Å². The lowest BCUT2D eigenvalue weighted by Gasteiger charge is -2.32. The highest BCUT2D eigenvalue weighted by atomic mass is 35.5. The van der Waals surface area contributed by atoms with Gasteiger partial charge in [-0.3, -0.25) is 4.98 Å².